The first kappa shape index (κ1) is 11.4. The molecule has 0 atom stereocenters. The number of aryl methyl sites for hydroxylation is 2. The van der Waals surface area contributed by atoms with E-state index in [1.807, 2.05) is 19.1 Å². The number of carboxylic acid groups (broad SMARTS) is 1. The summed E-state index contributed by atoms with van der Waals surface area (Å²) in [6, 6.07) is 7.04. The Morgan fingerprint density at radius 3 is 2.82 bits per heavy atom. The monoisotopic (exact) mass is 231 g/mol. The molecule has 2 aromatic rings. The van der Waals surface area contributed by atoms with Crippen LogP contribution in [-0.4, -0.2) is 15.6 Å². The highest BCUT2D eigenvalue weighted by molar-refractivity contribution is 5.79. The van der Waals surface area contributed by atoms with E-state index >= 15 is 0 Å². The van der Waals surface area contributed by atoms with Crippen molar-refractivity contribution in [2.75, 3.05) is 0 Å². The molecule has 88 valence electrons. The van der Waals surface area contributed by atoms with Crippen LogP contribution in [0.5, 0.6) is 0 Å². The van der Waals surface area contributed by atoms with Crippen LogP contribution in [0.2, 0.25) is 0 Å². The highest BCUT2D eigenvalue weighted by atomic mass is 16.4. The van der Waals surface area contributed by atoms with E-state index in [1.165, 1.54) is 6.07 Å². The second-order valence-corrected chi connectivity index (χ2v) is 4.04. The molecule has 0 spiro atoms. The number of hydrogen-bond acceptors (Lipinski definition) is 2. The lowest BCUT2D eigenvalue weighted by Crippen LogP contribution is -2.10. The lowest BCUT2D eigenvalue weighted by Gasteiger charge is -2.09. The van der Waals surface area contributed by atoms with Crippen LogP contribution in [0.3, 0.4) is 0 Å². The molecule has 17 heavy (non-hydrogen) atoms. The zero-order valence-corrected chi connectivity index (χ0v) is 9.51. The first-order valence-electron chi connectivity index (χ1n) is 5.39. The molecule has 0 radical (unpaired) electrons. The van der Waals surface area contributed by atoms with Gasteiger partial charge in [0, 0.05) is 24.2 Å². The standard InChI is InChI=1S/C13H13NO3/c1-9-2-3-10-11(8-9)14(6-4-12(10)15)7-5-13(16)17/h2-4,6,8H,5,7H2,1H3,(H,16,17). The maximum Gasteiger partial charge on any atom is 0.305 e. The maximum atomic E-state index is 11.7. The molecule has 0 amide bonds. The Labute approximate surface area is 98.1 Å². The summed E-state index contributed by atoms with van der Waals surface area (Å²) in [5.74, 6) is -0.843. The smallest absolute Gasteiger partial charge is 0.305 e. The van der Waals surface area contributed by atoms with Crippen LogP contribution in [0.15, 0.2) is 35.3 Å². The fourth-order valence-corrected chi connectivity index (χ4v) is 1.83. The van der Waals surface area contributed by atoms with Crippen molar-refractivity contribution < 1.29 is 9.90 Å². The van der Waals surface area contributed by atoms with Gasteiger partial charge in [-0.05, 0) is 24.6 Å². The van der Waals surface area contributed by atoms with Gasteiger partial charge in [-0.25, -0.2) is 0 Å². The van der Waals surface area contributed by atoms with Gasteiger partial charge in [0.15, 0.2) is 5.43 Å². The molecule has 1 aromatic carbocycles. The Morgan fingerprint density at radius 1 is 1.35 bits per heavy atom. The topological polar surface area (TPSA) is 59.3 Å². The van der Waals surface area contributed by atoms with Crippen molar-refractivity contribution in [3.8, 4) is 0 Å². The van der Waals surface area contributed by atoms with E-state index in [9.17, 15) is 9.59 Å². The number of benzene rings is 1. The van der Waals surface area contributed by atoms with Crippen molar-refractivity contribution in [1.82, 2.24) is 4.57 Å². The summed E-state index contributed by atoms with van der Waals surface area (Å²) in [5.41, 5.74) is 1.80. The van der Waals surface area contributed by atoms with E-state index in [0.29, 0.717) is 11.9 Å². The Kier molecular flexibility index (Phi) is 2.95. The first-order chi connectivity index (χ1) is 8.08. The molecule has 0 bridgehead atoms. The zero-order valence-electron chi connectivity index (χ0n) is 9.51. The largest absolute Gasteiger partial charge is 0.481 e. The fourth-order valence-electron chi connectivity index (χ4n) is 1.83. The third-order valence-electron chi connectivity index (χ3n) is 2.70. The van der Waals surface area contributed by atoms with E-state index in [4.69, 9.17) is 5.11 Å². The van der Waals surface area contributed by atoms with Gasteiger partial charge in [-0.1, -0.05) is 6.07 Å². The minimum absolute atomic E-state index is 0.0356. The van der Waals surface area contributed by atoms with E-state index in [2.05, 4.69) is 0 Å². The van der Waals surface area contributed by atoms with Gasteiger partial charge in [-0.15, -0.1) is 0 Å². The Hall–Kier alpha value is -2.10. The number of carboxylic acids is 1. The molecule has 1 N–H and O–H groups in total. The molecule has 0 aliphatic heterocycles. The van der Waals surface area contributed by atoms with Gasteiger partial charge in [0.05, 0.1) is 11.9 Å². The molecule has 1 aromatic heterocycles. The van der Waals surface area contributed by atoms with E-state index in [-0.39, 0.29) is 11.8 Å². The second kappa shape index (κ2) is 4.41. The quantitative estimate of drug-likeness (QED) is 0.876. The van der Waals surface area contributed by atoms with Crippen LogP contribution in [0, 0.1) is 6.92 Å². The molecule has 4 nitrogen and oxygen atoms in total. The van der Waals surface area contributed by atoms with Crippen molar-refractivity contribution in [2.24, 2.45) is 0 Å². The number of carbonyl (C=O) groups is 1. The summed E-state index contributed by atoms with van der Waals surface area (Å²) in [7, 11) is 0. The molecule has 0 unspecified atom stereocenters. The molecular weight excluding hydrogens is 218 g/mol. The van der Waals surface area contributed by atoms with Gasteiger partial charge >= 0.3 is 5.97 Å². The number of pyridine rings is 1. The average molecular weight is 231 g/mol. The summed E-state index contributed by atoms with van der Waals surface area (Å²) in [6.45, 7) is 2.31. The molecule has 0 saturated heterocycles. The highest BCUT2D eigenvalue weighted by Crippen LogP contribution is 2.12. The SMILES string of the molecule is Cc1ccc2c(=O)ccn(CCC(=O)O)c2c1. The normalized spacial score (nSPS) is 10.6. The lowest BCUT2D eigenvalue weighted by molar-refractivity contribution is -0.137. The summed E-state index contributed by atoms with van der Waals surface area (Å²) < 4.78 is 1.80. The summed E-state index contributed by atoms with van der Waals surface area (Å²) in [5, 5.41) is 9.31. The fraction of sp³-hybridized carbons (Fsp3) is 0.231. The zero-order chi connectivity index (χ0) is 12.4. The Morgan fingerprint density at radius 2 is 2.12 bits per heavy atom. The Balaban J connectivity index is 2.56. The molecule has 0 aliphatic rings. The van der Waals surface area contributed by atoms with Crippen molar-refractivity contribution in [3.05, 3.63) is 46.2 Å². The number of aromatic nitrogens is 1. The van der Waals surface area contributed by atoms with E-state index in [0.717, 1.165) is 11.1 Å². The van der Waals surface area contributed by atoms with Crippen LogP contribution in [0.4, 0.5) is 0 Å². The number of aliphatic carboxylic acids is 1. The Bertz CT molecular complexity index is 628. The van der Waals surface area contributed by atoms with E-state index in [1.54, 1.807) is 16.8 Å². The number of rotatable bonds is 3. The number of hydrogen-bond donors (Lipinski definition) is 1. The molecule has 1 heterocycles. The third-order valence-corrected chi connectivity index (χ3v) is 2.70. The summed E-state index contributed by atoms with van der Waals surface area (Å²) in [6.07, 6.45) is 1.69. The summed E-state index contributed by atoms with van der Waals surface area (Å²) in [4.78, 5) is 22.2. The molecule has 4 heteroatoms. The minimum atomic E-state index is -0.843. The number of nitrogens with zero attached hydrogens (tertiary/aromatic N) is 1. The number of fused-ring (bicyclic) bond motifs is 1. The molecule has 2 rings (SSSR count). The van der Waals surface area contributed by atoms with Crippen LogP contribution < -0.4 is 5.43 Å². The molecular formula is C13H13NO3. The van der Waals surface area contributed by atoms with Crippen molar-refractivity contribution in [3.63, 3.8) is 0 Å². The summed E-state index contributed by atoms with van der Waals surface area (Å²) >= 11 is 0. The first-order valence-corrected chi connectivity index (χ1v) is 5.39. The van der Waals surface area contributed by atoms with Crippen LogP contribution in [0.1, 0.15) is 12.0 Å². The van der Waals surface area contributed by atoms with Crippen LogP contribution >= 0.6 is 0 Å². The third kappa shape index (κ3) is 2.36. The van der Waals surface area contributed by atoms with Crippen LogP contribution in [-0.2, 0) is 11.3 Å². The van der Waals surface area contributed by atoms with Crippen molar-refractivity contribution >= 4 is 16.9 Å². The van der Waals surface area contributed by atoms with Crippen molar-refractivity contribution in [2.45, 2.75) is 19.9 Å². The highest BCUT2D eigenvalue weighted by Gasteiger charge is 2.04. The van der Waals surface area contributed by atoms with Gasteiger partial charge < -0.3 is 9.67 Å². The van der Waals surface area contributed by atoms with Gasteiger partial charge in [0.2, 0.25) is 0 Å². The van der Waals surface area contributed by atoms with Gasteiger partial charge in [0.1, 0.15) is 0 Å². The maximum absolute atomic E-state index is 11.7. The van der Waals surface area contributed by atoms with Crippen LogP contribution in [0.25, 0.3) is 10.9 Å². The minimum Gasteiger partial charge on any atom is -0.481 e. The van der Waals surface area contributed by atoms with E-state index < -0.39 is 5.97 Å². The predicted octanol–water partition coefficient (Wildman–Crippen LogP) is 1.78. The average Bonchev–Trinajstić information content (AvgIpc) is 2.28. The lowest BCUT2D eigenvalue weighted by atomic mass is 10.1. The molecule has 0 saturated carbocycles. The molecule has 0 fully saturated rings. The van der Waals surface area contributed by atoms with Crippen molar-refractivity contribution in [1.29, 1.82) is 0 Å². The predicted molar refractivity (Wildman–Crippen MR) is 65.2 cm³/mol. The second-order valence-electron chi connectivity index (χ2n) is 4.04. The van der Waals surface area contributed by atoms with Gasteiger partial charge in [-0.2, -0.15) is 0 Å². The van der Waals surface area contributed by atoms with Gasteiger partial charge in [-0.3, -0.25) is 9.59 Å². The van der Waals surface area contributed by atoms with Gasteiger partial charge in [0.25, 0.3) is 0 Å². The molecule has 0 aliphatic carbocycles.